The molecule has 3 unspecified atom stereocenters. The lowest BCUT2D eigenvalue weighted by Crippen LogP contribution is -2.08. The predicted octanol–water partition coefficient (Wildman–Crippen LogP) is 5.85. The second kappa shape index (κ2) is 11.0. The Balaban J connectivity index is 1.23. The van der Waals surface area contributed by atoms with E-state index in [0.717, 1.165) is 21.0 Å². The minimum absolute atomic E-state index is 0.826. The molecule has 3 rings (SSSR count). The Bertz CT molecular complexity index is 270. The van der Waals surface area contributed by atoms with Crippen molar-refractivity contribution in [2.45, 2.75) is 21.0 Å². The van der Waals surface area contributed by atoms with Gasteiger partial charge in [-0.2, -0.15) is 35.3 Å². The maximum Gasteiger partial charge on any atom is 0.0349 e. The van der Waals surface area contributed by atoms with Gasteiger partial charge in [-0.25, -0.2) is 0 Å². The average molecular weight is 453 g/mol. The molecule has 3 aliphatic heterocycles. The van der Waals surface area contributed by atoms with E-state index >= 15 is 0 Å². The zero-order valence-electron chi connectivity index (χ0n) is 11.6. The number of thioether (sulfide) groups is 3. The smallest absolute Gasteiger partial charge is 0.0349 e. The molecule has 3 fully saturated rings. The van der Waals surface area contributed by atoms with Crippen LogP contribution in [0.15, 0.2) is 0 Å². The van der Waals surface area contributed by atoms with Gasteiger partial charge < -0.3 is 0 Å². The summed E-state index contributed by atoms with van der Waals surface area (Å²) in [5, 5.41) is 3.77. The highest BCUT2D eigenvalue weighted by Gasteiger charge is 2.25. The Morgan fingerprint density at radius 3 is 1.52 bits per heavy atom. The molecular formula is C12H20S9. The van der Waals surface area contributed by atoms with Crippen LogP contribution < -0.4 is 0 Å². The topological polar surface area (TPSA) is 0 Å². The van der Waals surface area contributed by atoms with Gasteiger partial charge in [-0.15, -0.1) is 0 Å². The van der Waals surface area contributed by atoms with Gasteiger partial charge in [-0.05, 0) is 0 Å². The Labute approximate surface area is 165 Å². The molecule has 0 amide bonds. The first kappa shape index (κ1) is 18.9. The van der Waals surface area contributed by atoms with Crippen molar-refractivity contribution in [2.24, 2.45) is 0 Å². The molecule has 0 aromatic carbocycles. The third-order valence-electron chi connectivity index (χ3n) is 2.85. The highest BCUT2D eigenvalue weighted by Crippen LogP contribution is 2.43. The summed E-state index contributed by atoms with van der Waals surface area (Å²) in [6.45, 7) is 0. The van der Waals surface area contributed by atoms with Crippen molar-refractivity contribution in [3.63, 3.8) is 0 Å². The van der Waals surface area contributed by atoms with Gasteiger partial charge in [0.1, 0.15) is 0 Å². The largest absolute Gasteiger partial charge is 0.156 e. The first-order chi connectivity index (χ1) is 10.4. The second-order valence-corrected chi connectivity index (χ2v) is 16.8. The predicted molar refractivity (Wildman–Crippen MR) is 122 cm³/mol. The molecule has 0 spiro atoms. The summed E-state index contributed by atoms with van der Waals surface area (Å²) in [5.74, 6) is 11.0. The van der Waals surface area contributed by atoms with Crippen molar-refractivity contribution >= 4 is 100 Å². The van der Waals surface area contributed by atoms with E-state index in [0.29, 0.717) is 0 Å². The van der Waals surface area contributed by atoms with Gasteiger partial charge in [0.2, 0.25) is 0 Å². The van der Waals surface area contributed by atoms with E-state index in [-0.39, 0.29) is 0 Å². The molecule has 0 saturated carbocycles. The van der Waals surface area contributed by atoms with Crippen LogP contribution in [0.3, 0.4) is 0 Å². The van der Waals surface area contributed by atoms with E-state index in [9.17, 15) is 0 Å². The Morgan fingerprint density at radius 1 is 0.667 bits per heavy atom. The van der Waals surface area contributed by atoms with E-state index in [4.69, 9.17) is 0 Å². The third-order valence-corrected chi connectivity index (χ3v) is 14.8. The standard InChI is InChI=1S/C12H20S9/c1-9(13-1)4-16-18-7-12(21-20-6-11-3-15-11)8-19-17-5-10-2-14-10/h9-12H,1-8H2. The van der Waals surface area contributed by atoms with Crippen LogP contribution in [0.2, 0.25) is 0 Å². The zero-order chi connectivity index (χ0) is 14.3. The van der Waals surface area contributed by atoms with Gasteiger partial charge >= 0.3 is 0 Å². The zero-order valence-corrected chi connectivity index (χ0v) is 19.0. The highest BCUT2D eigenvalue weighted by molar-refractivity contribution is 8.79. The Kier molecular flexibility index (Phi) is 9.90. The third kappa shape index (κ3) is 10.0. The molecule has 3 saturated heterocycles. The van der Waals surface area contributed by atoms with Gasteiger partial charge in [0.05, 0.1) is 0 Å². The molecule has 0 nitrogen and oxygen atoms in total. The average Bonchev–Trinajstić information content (AvgIpc) is 3.35. The molecule has 3 atom stereocenters. The van der Waals surface area contributed by atoms with E-state index in [2.05, 4.69) is 100 Å². The van der Waals surface area contributed by atoms with Crippen LogP contribution in [-0.2, 0) is 0 Å². The fraction of sp³-hybridized carbons (Fsp3) is 1.00. The van der Waals surface area contributed by atoms with E-state index < -0.39 is 0 Å². The monoisotopic (exact) mass is 452 g/mol. The van der Waals surface area contributed by atoms with Crippen LogP contribution in [0.4, 0.5) is 0 Å². The molecule has 0 N–H and O–H groups in total. The maximum absolute atomic E-state index is 2.16. The molecule has 0 aromatic heterocycles. The van der Waals surface area contributed by atoms with Crippen LogP contribution in [-0.4, -0.2) is 67.0 Å². The van der Waals surface area contributed by atoms with Crippen LogP contribution in [0.1, 0.15) is 0 Å². The quantitative estimate of drug-likeness (QED) is 0.179. The Morgan fingerprint density at radius 2 is 1.10 bits per heavy atom. The fourth-order valence-electron chi connectivity index (χ4n) is 1.30. The molecule has 122 valence electrons. The summed E-state index contributed by atoms with van der Waals surface area (Å²) in [4.78, 5) is 0. The minimum Gasteiger partial charge on any atom is -0.156 e. The Hall–Kier alpha value is 3.15. The van der Waals surface area contributed by atoms with Crippen molar-refractivity contribution in [1.29, 1.82) is 0 Å². The molecule has 0 radical (unpaired) electrons. The molecular weight excluding hydrogens is 433 g/mol. The summed E-state index contributed by atoms with van der Waals surface area (Å²) in [6, 6.07) is 0. The number of rotatable bonds is 14. The lowest BCUT2D eigenvalue weighted by atomic mass is 10.6. The van der Waals surface area contributed by atoms with Crippen LogP contribution in [0.5, 0.6) is 0 Å². The van der Waals surface area contributed by atoms with Gasteiger partial charge in [-0.3, -0.25) is 0 Å². The van der Waals surface area contributed by atoms with Gasteiger partial charge in [0.15, 0.2) is 0 Å². The molecule has 3 heterocycles. The van der Waals surface area contributed by atoms with E-state index in [1.807, 2.05) is 0 Å². The van der Waals surface area contributed by atoms with E-state index in [1.54, 1.807) is 0 Å². The molecule has 0 aromatic rings. The van der Waals surface area contributed by atoms with Crippen molar-refractivity contribution in [2.75, 3.05) is 46.0 Å². The number of hydrogen-bond donors (Lipinski definition) is 0. The van der Waals surface area contributed by atoms with E-state index in [1.165, 1.54) is 46.0 Å². The summed E-state index contributed by atoms with van der Waals surface area (Å²) >= 11 is 6.37. The minimum atomic E-state index is 0.826. The van der Waals surface area contributed by atoms with Crippen molar-refractivity contribution < 1.29 is 0 Å². The lowest BCUT2D eigenvalue weighted by Gasteiger charge is -2.14. The summed E-state index contributed by atoms with van der Waals surface area (Å²) < 4.78 is 0. The molecule has 0 aliphatic carbocycles. The molecule has 0 bridgehead atoms. The first-order valence-electron chi connectivity index (χ1n) is 7.02. The highest BCUT2D eigenvalue weighted by atomic mass is 33.1. The molecule has 3 aliphatic rings. The maximum atomic E-state index is 2.16. The normalized spacial score (nSPS) is 31.1. The molecule has 9 heteroatoms. The van der Waals surface area contributed by atoms with Crippen molar-refractivity contribution in [3.8, 4) is 0 Å². The van der Waals surface area contributed by atoms with Crippen molar-refractivity contribution in [1.82, 2.24) is 0 Å². The van der Waals surface area contributed by atoms with Gasteiger partial charge in [0, 0.05) is 67.0 Å². The number of hydrogen-bond acceptors (Lipinski definition) is 9. The SMILES string of the molecule is C(SSCC(CSSCC1CS1)SSCC1CS1)C1CS1. The first-order valence-corrected chi connectivity index (χ1v) is 17.5. The van der Waals surface area contributed by atoms with Crippen LogP contribution in [0, 0.1) is 0 Å². The summed E-state index contributed by atoms with van der Waals surface area (Å²) in [7, 11) is 12.7. The van der Waals surface area contributed by atoms with Crippen LogP contribution in [0.25, 0.3) is 0 Å². The van der Waals surface area contributed by atoms with Crippen LogP contribution >= 0.6 is 100 Å². The second-order valence-electron chi connectivity index (χ2n) is 5.01. The van der Waals surface area contributed by atoms with Gasteiger partial charge in [-0.1, -0.05) is 64.8 Å². The molecule has 21 heavy (non-hydrogen) atoms. The van der Waals surface area contributed by atoms with Gasteiger partial charge in [0.25, 0.3) is 0 Å². The fourth-order valence-corrected chi connectivity index (χ4v) is 14.0. The summed E-state index contributed by atoms with van der Waals surface area (Å²) in [6.07, 6.45) is 0. The summed E-state index contributed by atoms with van der Waals surface area (Å²) in [5.41, 5.74) is 0. The van der Waals surface area contributed by atoms with Crippen molar-refractivity contribution in [3.05, 3.63) is 0 Å². The lowest BCUT2D eigenvalue weighted by molar-refractivity contribution is 1.17.